The normalized spacial score (nSPS) is 27.6. The molecule has 4 nitrogen and oxygen atoms in total. The van der Waals surface area contributed by atoms with Crippen molar-refractivity contribution < 1.29 is 0 Å². The van der Waals surface area contributed by atoms with E-state index in [1.54, 1.807) is 0 Å². The van der Waals surface area contributed by atoms with Gasteiger partial charge in [-0.05, 0) is 34.1 Å². The molecule has 0 spiro atoms. The molecule has 1 aromatic heterocycles. The van der Waals surface area contributed by atoms with Crippen LogP contribution in [0, 0.1) is 6.92 Å². The van der Waals surface area contributed by atoms with Gasteiger partial charge < -0.3 is 9.88 Å². The summed E-state index contributed by atoms with van der Waals surface area (Å²) in [6, 6.07) is 0. The number of hydrogen-bond donors (Lipinski definition) is 1. The van der Waals surface area contributed by atoms with Gasteiger partial charge in [-0.25, -0.2) is 4.98 Å². The zero-order valence-corrected chi connectivity index (χ0v) is 13.0. The van der Waals surface area contributed by atoms with Crippen LogP contribution in [-0.4, -0.2) is 45.2 Å². The summed E-state index contributed by atoms with van der Waals surface area (Å²) in [6.07, 6.45) is 5.13. The van der Waals surface area contributed by atoms with Crippen LogP contribution in [0.15, 0.2) is 12.4 Å². The first-order chi connectivity index (χ1) is 8.86. The molecule has 1 aromatic rings. The fourth-order valence-corrected chi connectivity index (χ4v) is 2.72. The van der Waals surface area contributed by atoms with E-state index < -0.39 is 0 Å². The summed E-state index contributed by atoms with van der Waals surface area (Å²) < 4.78 is 2.24. The second kappa shape index (κ2) is 5.25. The fourth-order valence-electron chi connectivity index (χ4n) is 2.72. The Hall–Kier alpha value is -0.870. The predicted molar refractivity (Wildman–Crippen MR) is 79.3 cm³/mol. The van der Waals surface area contributed by atoms with E-state index in [2.05, 4.69) is 60.6 Å². The highest BCUT2D eigenvalue weighted by atomic mass is 15.3. The fraction of sp³-hybridized carbons (Fsp3) is 0.800. The van der Waals surface area contributed by atoms with Gasteiger partial charge in [0, 0.05) is 49.7 Å². The molecule has 2 heterocycles. The average Bonchev–Trinajstić information content (AvgIpc) is 2.77. The van der Waals surface area contributed by atoms with E-state index in [0.29, 0.717) is 0 Å². The SMILES string of the molecule is CCC1(C)CN(CCn2ccnc2C)C(C)(C)CN1. The van der Waals surface area contributed by atoms with Crippen LogP contribution in [0.2, 0.25) is 0 Å². The highest BCUT2D eigenvalue weighted by Gasteiger charge is 2.38. The third-order valence-electron chi connectivity index (χ3n) is 4.66. The second-order valence-corrected chi connectivity index (χ2v) is 6.67. The molecule has 1 N–H and O–H groups in total. The van der Waals surface area contributed by atoms with Gasteiger partial charge in [-0.3, -0.25) is 4.90 Å². The average molecular weight is 264 g/mol. The maximum atomic E-state index is 4.29. The predicted octanol–water partition coefficient (Wildman–Crippen LogP) is 2.04. The largest absolute Gasteiger partial charge is 0.334 e. The third-order valence-corrected chi connectivity index (χ3v) is 4.66. The van der Waals surface area contributed by atoms with Gasteiger partial charge in [0.1, 0.15) is 5.82 Å². The van der Waals surface area contributed by atoms with Gasteiger partial charge in [0.25, 0.3) is 0 Å². The van der Waals surface area contributed by atoms with Crippen molar-refractivity contribution in [3.8, 4) is 0 Å². The van der Waals surface area contributed by atoms with Gasteiger partial charge in [0.2, 0.25) is 0 Å². The van der Waals surface area contributed by atoms with E-state index in [-0.39, 0.29) is 11.1 Å². The van der Waals surface area contributed by atoms with E-state index >= 15 is 0 Å². The molecule has 1 aliphatic heterocycles. The second-order valence-electron chi connectivity index (χ2n) is 6.67. The van der Waals surface area contributed by atoms with E-state index in [1.165, 1.54) is 6.42 Å². The lowest BCUT2D eigenvalue weighted by molar-refractivity contribution is 0.0286. The van der Waals surface area contributed by atoms with Crippen molar-refractivity contribution in [1.82, 2.24) is 19.8 Å². The molecule has 19 heavy (non-hydrogen) atoms. The first kappa shape index (κ1) is 14.5. The van der Waals surface area contributed by atoms with Gasteiger partial charge >= 0.3 is 0 Å². The number of aryl methyl sites for hydroxylation is 1. The molecule has 1 fully saturated rings. The minimum atomic E-state index is 0.225. The lowest BCUT2D eigenvalue weighted by Gasteiger charge is -2.50. The summed E-state index contributed by atoms with van der Waals surface area (Å²) in [5.74, 6) is 1.10. The van der Waals surface area contributed by atoms with E-state index in [9.17, 15) is 0 Å². The Kier molecular flexibility index (Phi) is 4.02. The van der Waals surface area contributed by atoms with Crippen molar-refractivity contribution in [2.45, 2.75) is 58.7 Å². The Labute approximate surface area is 117 Å². The Morgan fingerprint density at radius 2 is 2.05 bits per heavy atom. The van der Waals surface area contributed by atoms with Gasteiger partial charge in [-0.2, -0.15) is 0 Å². The zero-order chi connectivity index (χ0) is 14.1. The van der Waals surface area contributed by atoms with Crippen LogP contribution in [0.4, 0.5) is 0 Å². The van der Waals surface area contributed by atoms with Gasteiger partial charge in [-0.1, -0.05) is 6.92 Å². The summed E-state index contributed by atoms with van der Waals surface area (Å²) >= 11 is 0. The molecule has 0 saturated carbocycles. The minimum Gasteiger partial charge on any atom is -0.334 e. The Bertz CT molecular complexity index is 424. The van der Waals surface area contributed by atoms with E-state index in [0.717, 1.165) is 32.0 Å². The number of aromatic nitrogens is 2. The molecule has 0 aromatic carbocycles. The number of rotatable bonds is 4. The third kappa shape index (κ3) is 3.18. The van der Waals surface area contributed by atoms with Gasteiger partial charge in [-0.15, -0.1) is 0 Å². The molecule has 1 atom stereocenters. The van der Waals surface area contributed by atoms with Crippen molar-refractivity contribution in [2.24, 2.45) is 0 Å². The molecule has 4 heteroatoms. The molecule has 0 radical (unpaired) electrons. The first-order valence-corrected chi connectivity index (χ1v) is 7.34. The molecule has 0 aliphatic carbocycles. The zero-order valence-electron chi connectivity index (χ0n) is 13.0. The van der Waals surface area contributed by atoms with Crippen molar-refractivity contribution in [2.75, 3.05) is 19.6 Å². The summed E-state index contributed by atoms with van der Waals surface area (Å²) in [5.41, 5.74) is 0.475. The lowest BCUT2D eigenvalue weighted by Crippen LogP contribution is -2.67. The monoisotopic (exact) mass is 264 g/mol. The molecule has 1 saturated heterocycles. The first-order valence-electron chi connectivity index (χ1n) is 7.34. The maximum Gasteiger partial charge on any atom is 0.105 e. The van der Waals surface area contributed by atoms with Crippen molar-refractivity contribution in [3.63, 3.8) is 0 Å². The summed E-state index contributed by atoms with van der Waals surface area (Å²) in [5, 5.41) is 3.71. The summed E-state index contributed by atoms with van der Waals surface area (Å²) in [7, 11) is 0. The van der Waals surface area contributed by atoms with E-state index in [1.807, 2.05) is 6.20 Å². The quantitative estimate of drug-likeness (QED) is 0.903. The molecule has 1 aliphatic rings. The van der Waals surface area contributed by atoms with Crippen LogP contribution < -0.4 is 5.32 Å². The van der Waals surface area contributed by atoms with Gasteiger partial charge in [0.15, 0.2) is 0 Å². The van der Waals surface area contributed by atoms with Gasteiger partial charge in [0.05, 0.1) is 0 Å². The Balaban J connectivity index is 2.02. The van der Waals surface area contributed by atoms with Crippen LogP contribution in [0.1, 0.15) is 39.9 Å². The molecule has 108 valence electrons. The van der Waals surface area contributed by atoms with E-state index in [4.69, 9.17) is 0 Å². The minimum absolute atomic E-state index is 0.225. The Morgan fingerprint density at radius 1 is 1.32 bits per heavy atom. The summed E-state index contributed by atoms with van der Waals surface area (Å²) in [6.45, 7) is 15.6. The van der Waals surface area contributed by atoms with Crippen LogP contribution in [-0.2, 0) is 6.54 Å². The standard InChI is InChI=1S/C15H28N4/c1-6-15(5)12-19(14(3,4)11-17-15)10-9-18-8-7-16-13(18)2/h7-8,17H,6,9-12H2,1-5H3. The molecular weight excluding hydrogens is 236 g/mol. The number of hydrogen-bond acceptors (Lipinski definition) is 3. The number of piperazine rings is 1. The molecule has 0 bridgehead atoms. The molecule has 0 amide bonds. The highest BCUT2D eigenvalue weighted by Crippen LogP contribution is 2.25. The molecule has 1 unspecified atom stereocenters. The summed E-state index contributed by atoms with van der Waals surface area (Å²) in [4.78, 5) is 6.91. The highest BCUT2D eigenvalue weighted by molar-refractivity contribution is 4.99. The number of nitrogens with one attached hydrogen (secondary N) is 1. The topological polar surface area (TPSA) is 33.1 Å². The van der Waals surface area contributed by atoms with Crippen LogP contribution in [0.5, 0.6) is 0 Å². The number of imidazole rings is 1. The van der Waals surface area contributed by atoms with Crippen LogP contribution in [0.3, 0.4) is 0 Å². The van der Waals surface area contributed by atoms with Crippen molar-refractivity contribution in [1.29, 1.82) is 0 Å². The van der Waals surface area contributed by atoms with Crippen LogP contribution in [0.25, 0.3) is 0 Å². The number of nitrogens with zero attached hydrogens (tertiary/aromatic N) is 3. The van der Waals surface area contributed by atoms with Crippen LogP contribution >= 0.6 is 0 Å². The smallest absolute Gasteiger partial charge is 0.105 e. The molecule has 2 rings (SSSR count). The Morgan fingerprint density at radius 3 is 2.63 bits per heavy atom. The van der Waals surface area contributed by atoms with Crippen molar-refractivity contribution in [3.05, 3.63) is 18.2 Å². The van der Waals surface area contributed by atoms with Crippen molar-refractivity contribution >= 4 is 0 Å². The lowest BCUT2D eigenvalue weighted by atomic mass is 9.88. The maximum absolute atomic E-state index is 4.29. The molecular formula is C15H28N4.